The van der Waals surface area contributed by atoms with E-state index in [-0.39, 0.29) is 5.35 Å². The van der Waals surface area contributed by atoms with E-state index in [1.165, 1.54) is 0 Å². The lowest BCUT2D eigenvalue weighted by Crippen LogP contribution is -1.90. The Bertz CT molecular complexity index is 387. The summed E-state index contributed by atoms with van der Waals surface area (Å²) in [6, 6.07) is 3.80. The Morgan fingerprint density at radius 2 is 2.38 bits per heavy atom. The Hall–Kier alpha value is -1.42. The molecule has 4 nitrogen and oxygen atoms in total. The molecule has 13 heavy (non-hydrogen) atoms. The van der Waals surface area contributed by atoms with Crippen LogP contribution in [0.5, 0.6) is 0 Å². The highest BCUT2D eigenvalue weighted by atomic mass is 35.5. The molecule has 0 radical (unpaired) electrons. The molecule has 0 aliphatic carbocycles. The van der Waals surface area contributed by atoms with Gasteiger partial charge in [-0.1, -0.05) is 11.2 Å². The summed E-state index contributed by atoms with van der Waals surface area (Å²) in [5.41, 5.74) is 1.03. The van der Waals surface area contributed by atoms with Crippen LogP contribution in [0.2, 0.25) is 5.35 Å². The van der Waals surface area contributed by atoms with Gasteiger partial charge in [-0.15, -0.1) is 0 Å². The zero-order valence-corrected chi connectivity index (χ0v) is 7.40. The van der Waals surface area contributed by atoms with Crippen LogP contribution in [0.4, 0.5) is 0 Å². The van der Waals surface area contributed by atoms with Crippen molar-refractivity contribution >= 4 is 11.6 Å². The first-order valence-electron chi connectivity index (χ1n) is 3.71. The van der Waals surface area contributed by atoms with E-state index < -0.39 is 0 Å². The summed E-state index contributed by atoms with van der Waals surface area (Å²) in [5.74, 6) is 0.568. The molecule has 2 aromatic rings. The fraction of sp³-hybridized carbons (Fsp3) is 0.125. The standard InChI is InChI=1S/C8H6ClN3O/c9-8-11-7(12-13-8)4-6-2-1-3-10-5-6/h1-3,5H,4H2. The summed E-state index contributed by atoms with van der Waals surface area (Å²) >= 11 is 5.47. The van der Waals surface area contributed by atoms with Gasteiger partial charge in [0, 0.05) is 18.8 Å². The van der Waals surface area contributed by atoms with Crippen LogP contribution in [0.25, 0.3) is 0 Å². The van der Waals surface area contributed by atoms with E-state index in [0.29, 0.717) is 12.2 Å². The first kappa shape index (κ1) is 8.19. The molecule has 0 atom stereocenters. The number of hydrogen-bond acceptors (Lipinski definition) is 4. The smallest absolute Gasteiger partial charge is 0.320 e. The van der Waals surface area contributed by atoms with Gasteiger partial charge in [0.05, 0.1) is 0 Å². The zero-order chi connectivity index (χ0) is 9.10. The lowest BCUT2D eigenvalue weighted by molar-refractivity contribution is 0.413. The quantitative estimate of drug-likeness (QED) is 0.732. The zero-order valence-electron chi connectivity index (χ0n) is 6.64. The predicted octanol–water partition coefficient (Wildman–Crippen LogP) is 1.71. The molecular weight excluding hydrogens is 190 g/mol. The fourth-order valence-electron chi connectivity index (χ4n) is 0.990. The second-order valence-corrected chi connectivity index (χ2v) is 2.82. The van der Waals surface area contributed by atoms with Crippen LogP contribution < -0.4 is 0 Å². The molecule has 66 valence electrons. The summed E-state index contributed by atoms with van der Waals surface area (Å²) in [6.45, 7) is 0. The van der Waals surface area contributed by atoms with E-state index in [2.05, 4.69) is 19.6 Å². The second-order valence-electron chi connectivity index (χ2n) is 2.50. The van der Waals surface area contributed by atoms with Crippen molar-refractivity contribution in [2.75, 3.05) is 0 Å². The van der Waals surface area contributed by atoms with E-state index in [1.54, 1.807) is 12.4 Å². The minimum absolute atomic E-state index is 0.0684. The van der Waals surface area contributed by atoms with Gasteiger partial charge in [0.25, 0.3) is 0 Å². The monoisotopic (exact) mass is 195 g/mol. The van der Waals surface area contributed by atoms with Crippen LogP contribution >= 0.6 is 11.6 Å². The van der Waals surface area contributed by atoms with Gasteiger partial charge >= 0.3 is 5.35 Å². The van der Waals surface area contributed by atoms with Gasteiger partial charge in [0.1, 0.15) is 0 Å². The molecule has 2 aromatic heterocycles. The normalized spacial score (nSPS) is 10.2. The van der Waals surface area contributed by atoms with Crippen molar-refractivity contribution in [2.24, 2.45) is 0 Å². The average molecular weight is 196 g/mol. The number of hydrogen-bond donors (Lipinski definition) is 0. The third-order valence-electron chi connectivity index (χ3n) is 1.53. The molecular formula is C8H6ClN3O. The molecule has 0 N–H and O–H groups in total. The van der Waals surface area contributed by atoms with Crippen molar-refractivity contribution in [3.8, 4) is 0 Å². The summed E-state index contributed by atoms with van der Waals surface area (Å²) in [4.78, 5) is 7.83. The van der Waals surface area contributed by atoms with Crippen LogP contribution in [0.1, 0.15) is 11.4 Å². The van der Waals surface area contributed by atoms with Gasteiger partial charge in [0.15, 0.2) is 5.82 Å². The van der Waals surface area contributed by atoms with E-state index in [0.717, 1.165) is 5.56 Å². The van der Waals surface area contributed by atoms with Gasteiger partial charge in [0.2, 0.25) is 0 Å². The Kier molecular flexibility index (Phi) is 2.23. The van der Waals surface area contributed by atoms with Crippen LogP contribution in [-0.4, -0.2) is 15.1 Å². The molecule has 0 spiro atoms. The first-order valence-corrected chi connectivity index (χ1v) is 4.09. The Morgan fingerprint density at radius 3 is 3.00 bits per heavy atom. The Morgan fingerprint density at radius 1 is 1.46 bits per heavy atom. The van der Waals surface area contributed by atoms with Crippen molar-refractivity contribution in [1.82, 2.24) is 15.1 Å². The number of halogens is 1. The van der Waals surface area contributed by atoms with Gasteiger partial charge in [-0.2, -0.15) is 4.98 Å². The van der Waals surface area contributed by atoms with E-state index in [4.69, 9.17) is 11.6 Å². The highest BCUT2D eigenvalue weighted by Crippen LogP contribution is 2.07. The molecule has 0 fully saturated rings. The first-order chi connectivity index (χ1) is 6.34. The maximum atomic E-state index is 5.47. The summed E-state index contributed by atoms with van der Waals surface area (Å²) in [5, 5.41) is 3.73. The SMILES string of the molecule is Clc1nc(Cc2cccnc2)no1. The second kappa shape index (κ2) is 3.53. The van der Waals surface area contributed by atoms with Gasteiger partial charge in [-0.25, -0.2) is 0 Å². The maximum Gasteiger partial charge on any atom is 0.320 e. The molecule has 2 rings (SSSR count). The Balaban J connectivity index is 2.15. The summed E-state index contributed by atoms with van der Waals surface area (Å²) in [6.07, 6.45) is 4.06. The van der Waals surface area contributed by atoms with Crippen molar-refractivity contribution in [2.45, 2.75) is 6.42 Å². The summed E-state index contributed by atoms with van der Waals surface area (Å²) < 4.78 is 4.62. The number of aromatic nitrogens is 3. The number of rotatable bonds is 2. The summed E-state index contributed by atoms with van der Waals surface area (Å²) in [7, 11) is 0. The number of nitrogens with zero attached hydrogens (tertiary/aromatic N) is 3. The largest absolute Gasteiger partial charge is 0.321 e. The van der Waals surface area contributed by atoms with Crippen molar-refractivity contribution < 1.29 is 4.52 Å². The van der Waals surface area contributed by atoms with Gasteiger partial charge in [-0.05, 0) is 23.2 Å². The van der Waals surface area contributed by atoms with Crippen LogP contribution in [0, 0.1) is 0 Å². The van der Waals surface area contributed by atoms with Crippen molar-refractivity contribution in [3.63, 3.8) is 0 Å². The van der Waals surface area contributed by atoms with Crippen LogP contribution in [0.3, 0.4) is 0 Å². The molecule has 0 unspecified atom stereocenters. The molecule has 0 aliphatic heterocycles. The molecule has 0 aromatic carbocycles. The van der Waals surface area contributed by atoms with Gasteiger partial charge in [-0.3, -0.25) is 4.98 Å². The topological polar surface area (TPSA) is 51.8 Å². The highest BCUT2D eigenvalue weighted by Gasteiger charge is 2.03. The van der Waals surface area contributed by atoms with Crippen molar-refractivity contribution in [3.05, 3.63) is 41.3 Å². The minimum atomic E-state index is 0.0684. The highest BCUT2D eigenvalue weighted by molar-refractivity contribution is 6.27. The molecule has 0 amide bonds. The third-order valence-corrected chi connectivity index (χ3v) is 1.68. The fourth-order valence-corrected chi connectivity index (χ4v) is 1.12. The molecule has 0 saturated carbocycles. The van der Waals surface area contributed by atoms with E-state index >= 15 is 0 Å². The molecule has 0 saturated heterocycles. The van der Waals surface area contributed by atoms with E-state index in [9.17, 15) is 0 Å². The molecule has 0 bridgehead atoms. The molecule has 2 heterocycles. The maximum absolute atomic E-state index is 5.47. The number of pyridine rings is 1. The lowest BCUT2D eigenvalue weighted by Gasteiger charge is -1.92. The average Bonchev–Trinajstić information content (AvgIpc) is 2.53. The van der Waals surface area contributed by atoms with Crippen LogP contribution in [-0.2, 0) is 6.42 Å². The van der Waals surface area contributed by atoms with Gasteiger partial charge < -0.3 is 4.52 Å². The predicted molar refractivity (Wildman–Crippen MR) is 46.4 cm³/mol. The Labute approximate surface area is 79.6 Å². The third kappa shape index (κ3) is 2.03. The minimum Gasteiger partial charge on any atom is -0.321 e. The van der Waals surface area contributed by atoms with E-state index in [1.807, 2.05) is 12.1 Å². The molecule has 5 heteroatoms. The van der Waals surface area contributed by atoms with Crippen LogP contribution in [0.15, 0.2) is 29.0 Å². The van der Waals surface area contributed by atoms with Crippen molar-refractivity contribution in [1.29, 1.82) is 0 Å². The molecule has 0 aliphatic rings. The lowest BCUT2D eigenvalue weighted by atomic mass is 10.2.